The normalized spacial score (nSPS) is 12.1. The van der Waals surface area contributed by atoms with E-state index >= 15 is 0 Å². The molecule has 2 rings (SSSR count). The van der Waals surface area contributed by atoms with Gasteiger partial charge in [-0.25, -0.2) is 13.1 Å². The molecule has 0 aliphatic rings. The molecule has 0 bridgehead atoms. The first kappa shape index (κ1) is 18.4. The van der Waals surface area contributed by atoms with Gasteiger partial charge in [-0.1, -0.05) is 54.6 Å². The number of hydrogen-bond donors (Lipinski definition) is 1. The van der Waals surface area contributed by atoms with Crippen molar-refractivity contribution in [2.24, 2.45) is 0 Å². The van der Waals surface area contributed by atoms with Crippen LogP contribution in [0.15, 0.2) is 60.0 Å². The van der Waals surface area contributed by atoms with Gasteiger partial charge in [0.05, 0.1) is 12.7 Å². The van der Waals surface area contributed by atoms with Crippen LogP contribution >= 0.6 is 0 Å². The summed E-state index contributed by atoms with van der Waals surface area (Å²) in [6.45, 7) is 4.65. The second-order valence-corrected chi connectivity index (χ2v) is 7.36. The topological polar surface area (TPSA) is 55.4 Å². The molecule has 24 heavy (non-hydrogen) atoms. The second kappa shape index (κ2) is 8.78. The molecule has 0 aliphatic heterocycles. The predicted molar refractivity (Wildman–Crippen MR) is 97.6 cm³/mol. The van der Waals surface area contributed by atoms with E-state index < -0.39 is 10.0 Å². The zero-order chi connectivity index (χ0) is 17.4. The van der Waals surface area contributed by atoms with Crippen LogP contribution in [0.1, 0.15) is 30.5 Å². The minimum atomic E-state index is -3.50. The summed E-state index contributed by atoms with van der Waals surface area (Å²) < 4.78 is 32.5. The lowest BCUT2D eigenvalue weighted by Gasteiger charge is -2.12. The minimum absolute atomic E-state index is 0.128. The number of nitrogens with one attached hydrogen (secondary N) is 1. The summed E-state index contributed by atoms with van der Waals surface area (Å²) in [4.78, 5) is 0. The van der Waals surface area contributed by atoms with Crippen molar-refractivity contribution < 1.29 is 13.2 Å². The maximum absolute atomic E-state index is 12.1. The van der Waals surface area contributed by atoms with Crippen LogP contribution in [0.25, 0.3) is 6.08 Å². The SMILES string of the molecule is CC(C)OCc1ccccc1CNS(=O)(=O)C=Cc1ccccc1. The first-order chi connectivity index (χ1) is 11.5. The van der Waals surface area contributed by atoms with Crippen molar-refractivity contribution >= 4 is 16.1 Å². The Balaban J connectivity index is 2.00. The summed E-state index contributed by atoms with van der Waals surface area (Å²) >= 11 is 0. The van der Waals surface area contributed by atoms with Crippen molar-refractivity contribution in [3.05, 3.63) is 76.7 Å². The second-order valence-electron chi connectivity index (χ2n) is 5.71. The van der Waals surface area contributed by atoms with Crippen LogP contribution in [0.5, 0.6) is 0 Å². The van der Waals surface area contributed by atoms with E-state index in [0.29, 0.717) is 6.61 Å². The molecule has 0 unspecified atom stereocenters. The molecule has 0 radical (unpaired) electrons. The highest BCUT2D eigenvalue weighted by Crippen LogP contribution is 2.12. The Labute approximate surface area is 144 Å². The standard InChI is InChI=1S/C19H23NO3S/c1-16(2)23-15-19-11-7-6-10-18(19)14-20-24(21,22)13-12-17-8-4-3-5-9-17/h3-13,16,20H,14-15H2,1-2H3. The van der Waals surface area contributed by atoms with Crippen LogP contribution in [0.4, 0.5) is 0 Å². The summed E-state index contributed by atoms with van der Waals surface area (Å²) in [7, 11) is -3.50. The molecular weight excluding hydrogens is 322 g/mol. The quantitative estimate of drug-likeness (QED) is 0.794. The molecule has 4 nitrogen and oxygen atoms in total. The van der Waals surface area contributed by atoms with Crippen molar-refractivity contribution in [2.75, 3.05) is 0 Å². The van der Waals surface area contributed by atoms with E-state index in [0.717, 1.165) is 16.7 Å². The fourth-order valence-electron chi connectivity index (χ4n) is 2.09. The van der Waals surface area contributed by atoms with Crippen LogP contribution in [0.3, 0.4) is 0 Å². The highest BCUT2D eigenvalue weighted by atomic mass is 32.2. The zero-order valence-electron chi connectivity index (χ0n) is 14.0. The lowest BCUT2D eigenvalue weighted by Crippen LogP contribution is -2.21. The van der Waals surface area contributed by atoms with E-state index in [4.69, 9.17) is 4.74 Å². The summed E-state index contributed by atoms with van der Waals surface area (Å²) in [6, 6.07) is 17.0. The van der Waals surface area contributed by atoms with Gasteiger partial charge in [-0.05, 0) is 36.6 Å². The molecule has 0 heterocycles. The molecule has 0 amide bonds. The van der Waals surface area contributed by atoms with Gasteiger partial charge < -0.3 is 4.74 Å². The number of ether oxygens (including phenoxy) is 1. The van der Waals surface area contributed by atoms with Gasteiger partial charge >= 0.3 is 0 Å². The Hall–Kier alpha value is -1.95. The van der Waals surface area contributed by atoms with Crippen molar-refractivity contribution in [2.45, 2.75) is 33.1 Å². The van der Waals surface area contributed by atoms with Crippen LogP contribution < -0.4 is 4.72 Å². The zero-order valence-corrected chi connectivity index (χ0v) is 14.8. The molecular formula is C19H23NO3S. The molecule has 0 aliphatic carbocycles. The lowest BCUT2D eigenvalue weighted by atomic mass is 10.1. The van der Waals surface area contributed by atoms with Gasteiger partial charge in [0.25, 0.3) is 0 Å². The Kier molecular flexibility index (Phi) is 6.73. The van der Waals surface area contributed by atoms with Crippen molar-refractivity contribution in [1.82, 2.24) is 4.72 Å². The number of hydrogen-bond acceptors (Lipinski definition) is 3. The highest BCUT2D eigenvalue weighted by Gasteiger charge is 2.08. The first-order valence-corrected chi connectivity index (χ1v) is 9.42. The molecule has 128 valence electrons. The van der Waals surface area contributed by atoms with Gasteiger partial charge in [0, 0.05) is 12.0 Å². The van der Waals surface area contributed by atoms with Crippen LogP contribution in [0.2, 0.25) is 0 Å². The monoisotopic (exact) mass is 345 g/mol. The number of rotatable bonds is 8. The Bertz CT molecular complexity index is 768. The minimum Gasteiger partial charge on any atom is -0.374 e. The van der Waals surface area contributed by atoms with E-state index in [1.54, 1.807) is 6.08 Å². The largest absolute Gasteiger partial charge is 0.374 e. The molecule has 0 atom stereocenters. The molecule has 0 aromatic heterocycles. The lowest BCUT2D eigenvalue weighted by molar-refractivity contribution is 0.0652. The van der Waals surface area contributed by atoms with Gasteiger partial charge in [-0.2, -0.15) is 0 Å². The molecule has 0 saturated carbocycles. The predicted octanol–water partition coefficient (Wildman–Crippen LogP) is 3.70. The maximum atomic E-state index is 12.1. The summed E-state index contributed by atoms with van der Waals surface area (Å²) in [6.07, 6.45) is 1.71. The van der Waals surface area contributed by atoms with E-state index in [2.05, 4.69) is 4.72 Å². The third-order valence-electron chi connectivity index (χ3n) is 3.39. The van der Waals surface area contributed by atoms with Crippen molar-refractivity contribution in [3.63, 3.8) is 0 Å². The van der Waals surface area contributed by atoms with Gasteiger partial charge in [-0.15, -0.1) is 0 Å². The average Bonchev–Trinajstić information content (AvgIpc) is 2.58. The van der Waals surface area contributed by atoms with Crippen LogP contribution in [-0.2, 0) is 27.9 Å². The summed E-state index contributed by atoms with van der Waals surface area (Å²) in [5.74, 6) is 0. The third-order valence-corrected chi connectivity index (χ3v) is 4.43. The average molecular weight is 345 g/mol. The van der Waals surface area contributed by atoms with Crippen LogP contribution in [0, 0.1) is 0 Å². The molecule has 0 saturated heterocycles. The first-order valence-electron chi connectivity index (χ1n) is 7.87. The highest BCUT2D eigenvalue weighted by molar-refractivity contribution is 7.92. The molecule has 0 spiro atoms. The number of sulfonamides is 1. The maximum Gasteiger partial charge on any atom is 0.234 e. The molecule has 2 aromatic carbocycles. The van der Waals surface area contributed by atoms with Crippen LogP contribution in [-0.4, -0.2) is 14.5 Å². The Morgan fingerprint density at radius 3 is 2.29 bits per heavy atom. The van der Waals surface area contributed by atoms with Gasteiger partial charge in [0.1, 0.15) is 0 Å². The molecule has 1 N–H and O–H groups in total. The van der Waals surface area contributed by atoms with E-state index in [1.807, 2.05) is 68.4 Å². The fraction of sp³-hybridized carbons (Fsp3) is 0.263. The Morgan fingerprint density at radius 1 is 1.00 bits per heavy atom. The smallest absolute Gasteiger partial charge is 0.234 e. The van der Waals surface area contributed by atoms with Crippen molar-refractivity contribution in [3.8, 4) is 0 Å². The van der Waals surface area contributed by atoms with Gasteiger partial charge in [0.2, 0.25) is 10.0 Å². The van der Waals surface area contributed by atoms with E-state index in [-0.39, 0.29) is 12.6 Å². The van der Waals surface area contributed by atoms with E-state index in [1.165, 1.54) is 5.41 Å². The van der Waals surface area contributed by atoms with Gasteiger partial charge in [-0.3, -0.25) is 0 Å². The Morgan fingerprint density at radius 2 is 1.62 bits per heavy atom. The van der Waals surface area contributed by atoms with Gasteiger partial charge in [0.15, 0.2) is 0 Å². The summed E-state index contributed by atoms with van der Waals surface area (Å²) in [5, 5.41) is 1.19. The number of benzene rings is 2. The molecule has 2 aromatic rings. The van der Waals surface area contributed by atoms with E-state index in [9.17, 15) is 8.42 Å². The molecule has 0 fully saturated rings. The fourth-order valence-corrected chi connectivity index (χ4v) is 2.88. The van der Waals surface area contributed by atoms with Crippen molar-refractivity contribution in [1.29, 1.82) is 0 Å². The molecule has 5 heteroatoms. The summed E-state index contributed by atoms with van der Waals surface area (Å²) in [5.41, 5.74) is 2.74. The third kappa shape index (κ3) is 6.28.